The number of nitrogens with zero attached hydrogens (tertiary/aromatic N) is 2. The Bertz CT molecular complexity index is 1320. The predicted octanol–water partition coefficient (Wildman–Crippen LogP) is 5.53. The Balaban J connectivity index is 1.19. The van der Waals surface area contributed by atoms with Crippen molar-refractivity contribution in [2.45, 2.75) is 49.9 Å². The second kappa shape index (κ2) is 12.0. The SMILES string of the molecule is O=C(CN1CCCC(c2ccccc2)(c2ccccc2)C1=O)NC1CCN(Cc2ccc(F)c(C(F)(F)F)c2)CC1. The average Bonchev–Trinajstić information content (AvgIpc) is 2.97. The van der Waals surface area contributed by atoms with Crippen LogP contribution in [0.1, 0.15) is 47.9 Å². The van der Waals surface area contributed by atoms with E-state index < -0.39 is 23.0 Å². The first kappa shape index (κ1) is 28.8. The van der Waals surface area contributed by atoms with E-state index in [1.54, 1.807) is 4.90 Å². The van der Waals surface area contributed by atoms with Crippen molar-refractivity contribution in [3.05, 3.63) is 107 Å². The number of rotatable bonds is 7. The van der Waals surface area contributed by atoms with Gasteiger partial charge < -0.3 is 10.2 Å². The van der Waals surface area contributed by atoms with Gasteiger partial charge in [-0.05, 0) is 54.5 Å². The molecule has 9 heteroatoms. The predicted molar refractivity (Wildman–Crippen MR) is 147 cm³/mol. The number of halogens is 4. The van der Waals surface area contributed by atoms with Crippen molar-refractivity contribution < 1.29 is 27.2 Å². The van der Waals surface area contributed by atoms with Gasteiger partial charge in [0.2, 0.25) is 11.8 Å². The second-order valence-electron chi connectivity index (χ2n) is 10.9. The number of amides is 2. The Labute approximate surface area is 237 Å². The molecule has 3 aromatic rings. The van der Waals surface area contributed by atoms with Gasteiger partial charge in [-0.15, -0.1) is 0 Å². The molecule has 2 fully saturated rings. The van der Waals surface area contributed by atoms with E-state index in [0.717, 1.165) is 29.7 Å². The molecule has 2 saturated heterocycles. The van der Waals surface area contributed by atoms with Crippen LogP contribution in [-0.2, 0) is 27.7 Å². The van der Waals surface area contributed by atoms with Gasteiger partial charge in [-0.3, -0.25) is 14.5 Å². The number of hydrogen-bond acceptors (Lipinski definition) is 3. The van der Waals surface area contributed by atoms with Crippen LogP contribution in [0.4, 0.5) is 17.6 Å². The minimum absolute atomic E-state index is 0.0315. The lowest BCUT2D eigenvalue weighted by atomic mass is 9.68. The molecule has 0 aromatic heterocycles. The van der Waals surface area contributed by atoms with Crippen molar-refractivity contribution in [3.8, 4) is 0 Å². The maximum absolute atomic E-state index is 14.0. The second-order valence-corrected chi connectivity index (χ2v) is 10.9. The van der Waals surface area contributed by atoms with E-state index in [1.807, 2.05) is 65.6 Å². The molecular formula is C32H33F4N3O2. The molecule has 5 rings (SSSR count). The van der Waals surface area contributed by atoms with E-state index in [4.69, 9.17) is 0 Å². The quantitative estimate of drug-likeness (QED) is 0.382. The number of nitrogens with one attached hydrogen (secondary N) is 1. The van der Waals surface area contributed by atoms with Crippen LogP contribution >= 0.6 is 0 Å². The summed E-state index contributed by atoms with van der Waals surface area (Å²) in [5.74, 6) is -1.58. The first-order valence-electron chi connectivity index (χ1n) is 13.9. The normalized spacial score (nSPS) is 18.3. The number of carbonyl (C=O) groups is 2. The van der Waals surface area contributed by atoms with Gasteiger partial charge in [0.15, 0.2) is 0 Å². The van der Waals surface area contributed by atoms with E-state index >= 15 is 0 Å². The molecule has 1 N–H and O–H groups in total. The topological polar surface area (TPSA) is 52.7 Å². The van der Waals surface area contributed by atoms with Crippen molar-refractivity contribution in [1.29, 1.82) is 0 Å². The first-order chi connectivity index (χ1) is 19.7. The third-order valence-corrected chi connectivity index (χ3v) is 8.19. The molecule has 2 amide bonds. The van der Waals surface area contributed by atoms with Crippen molar-refractivity contribution in [3.63, 3.8) is 0 Å². The van der Waals surface area contributed by atoms with Crippen LogP contribution in [0.2, 0.25) is 0 Å². The summed E-state index contributed by atoms with van der Waals surface area (Å²) in [6.07, 6.45) is -2.06. The van der Waals surface area contributed by atoms with E-state index in [-0.39, 0.29) is 30.9 Å². The third-order valence-electron chi connectivity index (χ3n) is 8.19. The summed E-state index contributed by atoms with van der Waals surface area (Å²) < 4.78 is 52.8. The number of alkyl halides is 3. The smallest absolute Gasteiger partial charge is 0.352 e. The highest BCUT2D eigenvalue weighted by Crippen LogP contribution is 2.41. The molecule has 2 aliphatic rings. The van der Waals surface area contributed by atoms with Gasteiger partial charge in [-0.2, -0.15) is 13.2 Å². The van der Waals surface area contributed by atoms with Crippen molar-refractivity contribution in [2.75, 3.05) is 26.2 Å². The number of carbonyl (C=O) groups excluding carboxylic acids is 2. The number of piperidine rings is 2. The average molecular weight is 568 g/mol. The van der Waals surface area contributed by atoms with Gasteiger partial charge in [0.25, 0.3) is 0 Å². The molecular weight excluding hydrogens is 534 g/mol. The molecule has 0 spiro atoms. The number of hydrogen-bond donors (Lipinski definition) is 1. The van der Waals surface area contributed by atoms with E-state index in [2.05, 4.69) is 5.32 Å². The van der Waals surface area contributed by atoms with Gasteiger partial charge in [0.05, 0.1) is 17.5 Å². The molecule has 216 valence electrons. The summed E-state index contributed by atoms with van der Waals surface area (Å²) in [7, 11) is 0. The first-order valence-corrected chi connectivity index (χ1v) is 13.9. The zero-order valence-corrected chi connectivity index (χ0v) is 22.7. The fraction of sp³-hybridized carbons (Fsp3) is 0.375. The van der Waals surface area contributed by atoms with Crippen LogP contribution < -0.4 is 5.32 Å². The Morgan fingerprint density at radius 3 is 2.10 bits per heavy atom. The van der Waals surface area contributed by atoms with E-state index in [0.29, 0.717) is 44.5 Å². The van der Waals surface area contributed by atoms with Crippen LogP contribution in [0.15, 0.2) is 78.9 Å². The van der Waals surface area contributed by atoms with Gasteiger partial charge >= 0.3 is 6.18 Å². The van der Waals surface area contributed by atoms with E-state index in [1.165, 1.54) is 6.07 Å². The summed E-state index contributed by atoms with van der Waals surface area (Å²) in [5, 5.41) is 3.06. The van der Waals surface area contributed by atoms with Crippen LogP contribution in [-0.4, -0.2) is 53.8 Å². The molecule has 0 bridgehead atoms. The third kappa shape index (κ3) is 6.30. The van der Waals surface area contributed by atoms with Gasteiger partial charge in [0, 0.05) is 32.2 Å². The monoisotopic (exact) mass is 567 g/mol. The zero-order valence-electron chi connectivity index (χ0n) is 22.7. The molecule has 3 aromatic carbocycles. The van der Waals surface area contributed by atoms with Crippen LogP contribution in [0.3, 0.4) is 0 Å². The Morgan fingerprint density at radius 1 is 0.902 bits per heavy atom. The zero-order chi connectivity index (χ0) is 29.0. The van der Waals surface area contributed by atoms with Crippen LogP contribution in [0.5, 0.6) is 0 Å². The summed E-state index contributed by atoms with van der Waals surface area (Å²) in [5.41, 5.74) is 0.117. The highest BCUT2D eigenvalue weighted by molar-refractivity contribution is 5.95. The lowest BCUT2D eigenvalue weighted by Crippen LogP contribution is -2.55. The molecule has 41 heavy (non-hydrogen) atoms. The molecule has 0 radical (unpaired) electrons. The molecule has 0 aliphatic carbocycles. The maximum atomic E-state index is 14.0. The van der Waals surface area contributed by atoms with Crippen molar-refractivity contribution in [1.82, 2.24) is 15.1 Å². The molecule has 2 aliphatic heterocycles. The number of likely N-dealkylation sites (tertiary alicyclic amines) is 2. The van der Waals surface area contributed by atoms with Gasteiger partial charge in [-0.25, -0.2) is 4.39 Å². The fourth-order valence-corrected chi connectivity index (χ4v) is 6.14. The Morgan fingerprint density at radius 2 is 1.51 bits per heavy atom. The highest BCUT2D eigenvalue weighted by Gasteiger charge is 2.47. The minimum Gasteiger partial charge on any atom is -0.352 e. The standard InChI is InChI=1S/C32H33F4N3O2/c33-28-13-12-23(20-27(28)32(34,35)36)21-38-18-14-26(15-19-38)37-29(40)22-39-17-7-16-31(30(39)41,24-8-3-1-4-9-24)25-10-5-2-6-11-25/h1-6,8-13,20,26H,7,14-19,21-22H2,(H,37,40). The molecule has 5 nitrogen and oxygen atoms in total. The van der Waals surface area contributed by atoms with Crippen LogP contribution in [0.25, 0.3) is 0 Å². The molecule has 0 unspecified atom stereocenters. The summed E-state index contributed by atoms with van der Waals surface area (Å²) in [6, 6.07) is 22.4. The fourth-order valence-electron chi connectivity index (χ4n) is 6.14. The van der Waals surface area contributed by atoms with Gasteiger partial charge in [-0.1, -0.05) is 66.7 Å². The highest BCUT2D eigenvalue weighted by atomic mass is 19.4. The Kier molecular flexibility index (Phi) is 8.45. The lowest BCUT2D eigenvalue weighted by molar-refractivity contribution is -0.142. The summed E-state index contributed by atoms with van der Waals surface area (Å²) in [6.45, 7) is 1.90. The largest absolute Gasteiger partial charge is 0.419 e. The summed E-state index contributed by atoms with van der Waals surface area (Å²) >= 11 is 0. The van der Waals surface area contributed by atoms with Crippen molar-refractivity contribution in [2.24, 2.45) is 0 Å². The molecule has 0 atom stereocenters. The van der Waals surface area contributed by atoms with Gasteiger partial charge in [0.1, 0.15) is 5.82 Å². The van der Waals surface area contributed by atoms with Crippen LogP contribution in [0, 0.1) is 5.82 Å². The minimum atomic E-state index is -4.74. The number of benzene rings is 3. The lowest BCUT2D eigenvalue weighted by Gasteiger charge is -2.42. The Hall–Kier alpha value is -3.72. The molecule has 0 saturated carbocycles. The molecule has 2 heterocycles. The maximum Gasteiger partial charge on any atom is 0.419 e. The van der Waals surface area contributed by atoms with E-state index in [9.17, 15) is 27.2 Å². The summed E-state index contributed by atoms with van der Waals surface area (Å²) in [4.78, 5) is 30.8. The van der Waals surface area contributed by atoms with Crippen molar-refractivity contribution >= 4 is 11.8 Å².